The molecular weight excluding hydrogens is 388 g/mol. The van der Waals surface area contributed by atoms with Gasteiger partial charge in [0.1, 0.15) is 11.5 Å². The minimum atomic E-state index is -0.296. The first-order chi connectivity index (χ1) is 14.1. The number of carbonyl (C=O) groups excluding carboxylic acids is 2. The van der Waals surface area contributed by atoms with E-state index in [4.69, 9.17) is 16.3 Å². The summed E-state index contributed by atoms with van der Waals surface area (Å²) in [6.45, 7) is 0.236. The van der Waals surface area contributed by atoms with E-state index in [-0.39, 0.29) is 30.8 Å². The van der Waals surface area contributed by atoms with Crippen LogP contribution in [0, 0.1) is 0 Å². The van der Waals surface area contributed by atoms with E-state index in [0.717, 1.165) is 22.6 Å². The standard InChI is InChI=1S/C23H19ClN2O3/c24-16-11-9-15(10-12-16)23(28)25-14-13-21(27)26-22-17-5-1-3-7-19(17)29-20-8-4-2-6-18(20)22/h1-12,22H,13-14H2,(H,25,28)(H,26,27). The Labute approximate surface area is 173 Å². The van der Waals surface area contributed by atoms with Crippen molar-refractivity contribution in [1.82, 2.24) is 10.6 Å². The first-order valence-electron chi connectivity index (χ1n) is 9.30. The molecule has 0 unspecified atom stereocenters. The summed E-state index contributed by atoms with van der Waals surface area (Å²) in [6.07, 6.45) is 0.168. The van der Waals surface area contributed by atoms with Crippen molar-refractivity contribution in [2.45, 2.75) is 12.5 Å². The molecule has 1 aliphatic rings. The lowest BCUT2D eigenvalue weighted by Gasteiger charge is -2.28. The van der Waals surface area contributed by atoms with Crippen LogP contribution in [0.1, 0.15) is 33.9 Å². The van der Waals surface area contributed by atoms with Crippen LogP contribution in [0.5, 0.6) is 11.5 Å². The number of rotatable bonds is 5. The Kier molecular flexibility index (Phi) is 5.49. The summed E-state index contributed by atoms with van der Waals surface area (Å²) in [6, 6.07) is 21.6. The van der Waals surface area contributed by atoms with Gasteiger partial charge in [-0.3, -0.25) is 9.59 Å². The molecule has 6 heteroatoms. The second-order valence-electron chi connectivity index (χ2n) is 6.69. The Bertz CT molecular complexity index is 1000. The van der Waals surface area contributed by atoms with Gasteiger partial charge in [0.05, 0.1) is 6.04 Å². The number of para-hydroxylation sites is 2. The summed E-state index contributed by atoms with van der Waals surface area (Å²) in [4.78, 5) is 24.7. The highest BCUT2D eigenvalue weighted by atomic mass is 35.5. The van der Waals surface area contributed by atoms with Gasteiger partial charge < -0.3 is 15.4 Å². The molecule has 0 spiro atoms. The van der Waals surface area contributed by atoms with Gasteiger partial charge in [0.2, 0.25) is 5.91 Å². The first kappa shape index (κ1) is 19.0. The van der Waals surface area contributed by atoms with Crippen molar-refractivity contribution in [1.29, 1.82) is 0 Å². The zero-order chi connectivity index (χ0) is 20.2. The number of carbonyl (C=O) groups is 2. The van der Waals surface area contributed by atoms with Crippen molar-refractivity contribution in [3.05, 3.63) is 94.5 Å². The second kappa shape index (κ2) is 8.37. The van der Waals surface area contributed by atoms with E-state index in [1.165, 1.54) is 0 Å². The number of nitrogens with one attached hydrogen (secondary N) is 2. The molecule has 146 valence electrons. The molecule has 0 saturated carbocycles. The lowest BCUT2D eigenvalue weighted by Crippen LogP contribution is -2.34. The van der Waals surface area contributed by atoms with Crippen LogP contribution >= 0.6 is 11.6 Å². The number of amides is 2. The normalized spacial score (nSPS) is 12.3. The van der Waals surface area contributed by atoms with Crippen molar-refractivity contribution in [2.24, 2.45) is 0 Å². The van der Waals surface area contributed by atoms with Gasteiger partial charge in [0.25, 0.3) is 5.91 Å². The highest BCUT2D eigenvalue weighted by Crippen LogP contribution is 2.42. The van der Waals surface area contributed by atoms with Gasteiger partial charge in [-0.25, -0.2) is 0 Å². The molecule has 29 heavy (non-hydrogen) atoms. The highest BCUT2D eigenvalue weighted by molar-refractivity contribution is 6.30. The van der Waals surface area contributed by atoms with Crippen LogP contribution < -0.4 is 15.4 Å². The third kappa shape index (κ3) is 4.25. The molecule has 2 amide bonds. The van der Waals surface area contributed by atoms with E-state index in [1.54, 1.807) is 24.3 Å². The smallest absolute Gasteiger partial charge is 0.251 e. The van der Waals surface area contributed by atoms with E-state index in [1.807, 2.05) is 48.5 Å². The van der Waals surface area contributed by atoms with Crippen LogP contribution in [0.3, 0.4) is 0 Å². The van der Waals surface area contributed by atoms with E-state index < -0.39 is 0 Å². The Morgan fingerprint density at radius 3 is 2.07 bits per heavy atom. The Morgan fingerprint density at radius 1 is 0.862 bits per heavy atom. The van der Waals surface area contributed by atoms with E-state index in [2.05, 4.69) is 10.6 Å². The van der Waals surface area contributed by atoms with E-state index in [0.29, 0.717) is 10.6 Å². The summed E-state index contributed by atoms with van der Waals surface area (Å²) in [7, 11) is 0. The fourth-order valence-corrected chi connectivity index (χ4v) is 3.42. The molecule has 0 atom stereocenters. The largest absolute Gasteiger partial charge is 0.457 e. The molecule has 0 saturated heterocycles. The van der Waals surface area contributed by atoms with Crippen molar-refractivity contribution in [3.8, 4) is 11.5 Å². The quantitative estimate of drug-likeness (QED) is 0.656. The molecule has 1 aliphatic heterocycles. The number of ether oxygens (including phenoxy) is 1. The van der Waals surface area contributed by atoms with Gasteiger partial charge in [0, 0.05) is 34.7 Å². The van der Waals surface area contributed by atoms with Crippen molar-refractivity contribution in [2.75, 3.05) is 6.54 Å². The zero-order valence-corrected chi connectivity index (χ0v) is 16.3. The van der Waals surface area contributed by atoms with Crippen molar-refractivity contribution in [3.63, 3.8) is 0 Å². The minimum absolute atomic E-state index is 0.155. The van der Waals surface area contributed by atoms with Gasteiger partial charge in [-0.05, 0) is 36.4 Å². The minimum Gasteiger partial charge on any atom is -0.457 e. The summed E-state index contributed by atoms with van der Waals surface area (Å²) in [5.74, 6) is 1.06. The molecule has 3 aromatic carbocycles. The topological polar surface area (TPSA) is 67.4 Å². The molecule has 0 radical (unpaired) electrons. The monoisotopic (exact) mass is 406 g/mol. The highest BCUT2D eigenvalue weighted by Gasteiger charge is 2.27. The van der Waals surface area contributed by atoms with E-state index >= 15 is 0 Å². The summed E-state index contributed by atoms with van der Waals surface area (Å²) >= 11 is 5.83. The molecule has 0 bridgehead atoms. The third-order valence-electron chi connectivity index (χ3n) is 4.73. The number of halogens is 1. The predicted molar refractivity (Wildman–Crippen MR) is 111 cm³/mol. The Morgan fingerprint density at radius 2 is 1.45 bits per heavy atom. The van der Waals surface area contributed by atoms with Gasteiger partial charge in [-0.1, -0.05) is 48.0 Å². The van der Waals surface area contributed by atoms with Gasteiger partial charge >= 0.3 is 0 Å². The fraction of sp³-hybridized carbons (Fsp3) is 0.130. The van der Waals surface area contributed by atoms with Crippen LogP contribution in [0.4, 0.5) is 0 Å². The average Bonchev–Trinajstić information content (AvgIpc) is 2.74. The second-order valence-corrected chi connectivity index (χ2v) is 7.13. The SMILES string of the molecule is O=C(CCNC(=O)c1ccc(Cl)cc1)NC1c2ccccc2Oc2ccccc21. The number of hydrogen-bond acceptors (Lipinski definition) is 3. The predicted octanol–water partition coefficient (Wildman–Crippen LogP) is 4.47. The molecule has 2 N–H and O–H groups in total. The average molecular weight is 407 g/mol. The third-order valence-corrected chi connectivity index (χ3v) is 4.98. The first-order valence-corrected chi connectivity index (χ1v) is 9.68. The van der Waals surface area contributed by atoms with Crippen LogP contribution in [-0.4, -0.2) is 18.4 Å². The van der Waals surface area contributed by atoms with Crippen molar-refractivity contribution >= 4 is 23.4 Å². The lowest BCUT2D eigenvalue weighted by molar-refractivity contribution is -0.121. The lowest BCUT2D eigenvalue weighted by atomic mass is 9.94. The molecule has 0 aromatic heterocycles. The van der Waals surface area contributed by atoms with Gasteiger partial charge in [-0.2, -0.15) is 0 Å². The van der Waals surface area contributed by atoms with Crippen LogP contribution in [-0.2, 0) is 4.79 Å². The number of hydrogen-bond donors (Lipinski definition) is 2. The van der Waals surface area contributed by atoms with Crippen molar-refractivity contribution < 1.29 is 14.3 Å². The Balaban J connectivity index is 1.40. The summed E-state index contributed by atoms with van der Waals surface area (Å²) in [5, 5.41) is 6.39. The molecule has 4 rings (SSSR count). The van der Waals surface area contributed by atoms with Crippen LogP contribution in [0.2, 0.25) is 5.02 Å². The van der Waals surface area contributed by atoms with Gasteiger partial charge in [-0.15, -0.1) is 0 Å². The maximum atomic E-state index is 12.6. The molecule has 5 nitrogen and oxygen atoms in total. The van der Waals surface area contributed by atoms with Crippen LogP contribution in [0.15, 0.2) is 72.8 Å². The van der Waals surface area contributed by atoms with Crippen LogP contribution in [0.25, 0.3) is 0 Å². The molecule has 0 fully saturated rings. The molecule has 3 aromatic rings. The number of fused-ring (bicyclic) bond motifs is 2. The summed E-state index contributed by atoms with van der Waals surface area (Å²) in [5.41, 5.74) is 2.32. The maximum Gasteiger partial charge on any atom is 0.251 e. The molecular formula is C23H19ClN2O3. The maximum absolute atomic E-state index is 12.6. The van der Waals surface area contributed by atoms with Gasteiger partial charge in [0.15, 0.2) is 0 Å². The molecule has 1 heterocycles. The molecule has 0 aliphatic carbocycles. The van der Waals surface area contributed by atoms with E-state index in [9.17, 15) is 9.59 Å². The fourth-order valence-electron chi connectivity index (χ4n) is 3.29. The zero-order valence-electron chi connectivity index (χ0n) is 15.5. The Hall–Kier alpha value is -3.31. The number of benzene rings is 3. The summed E-state index contributed by atoms with van der Waals surface area (Å²) < 4.78 is 5.94.